The van der Waals surface area contributed by atoms with Gasteiger partial charge >= 0.3 is 0 Å². The normalized spacial score (nSPS) is 18.3. The third kappa shape index (κ3) is 5.14. The maximum Gasteiger partial charge on any atom is 0.224 e. The summed E-state index contributed by atoms with van der Waals surface area (Å²) in [6.45, 7) is 3.10. The predicted octanol–water partition coefficient (Wildman–Crippen LogP) is 2.95. The number of benzene rings is 2. The van der Waals surface area contributed by atoms with E-state index in [4.69, 9.17) is 4.74 Å². The van der Waals surface area contributed by atoms with Crippen LogP contribution in [0.5, 0.6) is 5.75 Å². The summed E-state index contributed by atoms with van der Waals surface area (Å²) in [7, 11) is 0. The molecule has 160 valence electrons. The molecule has 6 nitrogen and oxygen atoms in total. The monoisotopic (exact) mass is 418 g/mol. The van der Waals surface area contributed by atoms with Gasteiger partial charge in [0.15, 0.2) is 11.6 Å². The summed E-state index contributed by atoms with van der Waals surface area (Å²) in [6.07, 6.45) is -0.537. The number of nitrogens with one attached hydrogen (secondary N) is 2. The van der Waals surface area contributed by atoms with E-state index >= 15 is 0 Å². The van der Waals surface area contributed by atoms with E-state index in [1.807, 2.05) is 0 Å². The highest BCUT2D eigenvalue weighted by Crippen LogP contribution is 2.34. The molecule has 0 fully saturated rings. The van der Waals surface area contributed by atoms with E-state index in [2.05, 4.69) is 10.6 Å². The number of halogens is 2. The van der Waals surface area contributed by atoms with Gasteiger partial charge in [-0.3, -0.25) is 4.79 Å². The molecule has 0 aliphatic carbocycles. The fraction of sp³-hybridized carbons (Fsp3) is 0.318. The molecule has 0 aromatic heterocycles. The number of hydrogen-bond donors (Lipinski definition) is 4. The predicted molar refractivity (Wildman–Crippen MR) is 108 cm³/mol. The number of aryl methyl sites for hydroxylation is 1. The molecule has 1 aliphatic heterocycles. The number of anilines is 1. The molecule has 3 atom stereocenters. The Bertz CT molecular complexity index is 962. The van der Waals surface area contributed by atoms with Crippen LogP contribution >= 0.6 is 0 Å². The highest BCUT2D eigenvalue weighted by Gasteiger charge is 2.29. The van der Waals surface area contributed by atoms with Gasteiger partial charge in [-0.1, -0.05) is 12.1 Å². The first kappa shape index (κ1) is 21.7. The minimum absolute atomic E-state index is 0.0547. The topological polar surface area (TPSA) is 90.8 Å². The molecule has 30 heavy (non-hydrogen) atoms. The lowest BCUT2D eigenvalue weighted by Gasteiger charge is -2.29. The number of carbonyl (C=O) groups is 1. The van der Waals surface area contributed by atoms with Crippen molar-refractivity contribution in [1.82, 2.24) is 5.32 Å². The molecule has 2 aromatic rings. The van der Waals surface area contributed by atoms with Gasteiger partial charge in [0.25, 0.3) is 0 Å². The van der Waals surface area contributed by atoms with Crippen LogP contribution in [0.15, 0.2) is 48.2 Å². The summed E-state index contributed by atoms with van der Waals surface area (Å²) >= 11 is 0. The van der Waals surface area contributed by atoms with Crippen LogP contribution in [0.2, 0.25) is 0 Å². The van der Waals surface area contributed by atoms with Crippen molar-refractivity contribution in [3.63, 3.8) is 0 Å². The second kappa shape index (κ2) is 9.23. The van der Waals surface area contributed by atoms with Crippen molar-refractivity contribution >= 4 is 11.6 Å². The number of hydrogen-bond acceptors (Lipinski definition) is 5. The standard InChI is InChI=1S/C22H24F2N2O4/c1-12-6-18(24)20(30-11-13(2)27)9-19(12)26-22(29)17-10-25-21(28)8-16(17)14-4-3-5-15(23)7-14/h3-7,9-10,13,16,22,26-27,29H,8,11H2,1-2H3,(H,25,28). The second-order valence-corrected chi connectivity index (χ2v) is 7.33. The van der Waals surface area contributed by atoms with E-state index in [0.29, 0.717) is 22.4 Å². The molecule has 1 amide bonds. The van der Waals surface area contributed by atoms with E-state index in [1.165, 1.54) is 37.4 Å². The van der Waals surface area contributed by atoms with Crippen LogP contribution in [0.25, 0.3) is 0 Å². The summed E-state index contributed by atoms with van der Waals surface area (Å²) in [4.78, 5) is 11.9. The summed E-state index contributed by atoms with van der Waals surface area (Å²) in [5.74, 6) is -1.86. The molecule has 0 saturated carbocycles. The van der Waals surface area contributed by atoms with Crippen LogP contribution < -0.4 is 15.4 Å². The van der Waals surface area contributed by atoms with Crippen LogP contribution in [0.4, 0.5) is 14.5 Å². The SMILES string of the molecule is Cc1cc(F)c(OCC(C)O)cc1NC(O)C1=CNC(=O)CC1c1cccc(F)c1. The van der Waals surface area contributed by atoms with E-state index in [9.17, 15) is 23.8 Å². The van der Waals surface area contributed by atoms with Gasteiger partial charge in [0.1, 0.15) is 18.7 Å². The lowest BCUT2D eigenvalue weighted by atomic mass is 9.85. The first-order valence-corrected chi connectivity index (χ1v) is 9.55. The third-order valence-corrected chi connectivity index (χ3v) is 4.81. The molecule has 4 N–H and O–H groups in total. The van der Waals surface area contributed by atoms with E-state index < -0.39 is 29.9 Å². The van der Waals surface area contributed by atoms with Gasteiger partial charge in [0.2, 0.25) is 5.91 Å². The van der Waals surface area contributed by atoms with Crippen LogP contribution in [-0.4, -0.2) is 35.1 Å². The smallest absolute Gasteiger partial charge is 0.224 e. The van der Waals surface area contributed by atoms with Crippen molar-refractivity contribution in [2.75, 3.05) is 11.9 Å². The van der Waals surface area contributed by atoms with Gasteiger partial charge in [0, 0.05) is 35.9 Å². The molecule has 8 heteroatoms. The zero-order valence-corrected chi connectivity index (χ0v) is 16.7. The largest absolute Gasteiger partial charge is 0.488 e. The molecule has 1 aliphatic rings. The fourth-order valence-electron chi connectivity index (χ4n) is 3.29. The van der Waals surface area contributed by atoms with Gasteiger partial charge in [-0.2, -0.15) is 0 Å². The molecule has 2 aromatic carbocycles. The maximum atomic E-state index is 14.1. The minimum atomic E-state index is -1.23. The van der Waals surface area contributed by atoms with Crippen molar-refractivity contribution in [3.8, 4) is 5.75 Å². The summed E-state index contributed by atoms with van der Waals surface area (Å²) in [6, 6.07) is 8.53. The van der Waals surface area contributed by atoms with E-state index in [1.54, 1.807) is 19.1 Å². The zero-order chi connectivity index (χ0) is 21.8. The Labute approximate surface area is 173 Å². The summed E-state index contributed by atoms with van der Waals surface area (Å²) in [5.41, 5.74) is 1.95. The molecule has 0 bridgehead atoms. The Morgan fingerprint density at radius 2 is 2.03 bits per heavy atom. The van der Waals surface area contributed by atoms with Crippen molar-refractivity contribution < 1.29 is 28.5 Å². The second-order valence-electron chi connectivity index (χ2n) is 7.33. The molecule has 3 rings (SSSR count). The Morgan fingerprint density at radius 3 is 2.73 bits per heavy atom. The molecular weight excluding hydrogens is 394 g/mol. The highest BCUT2D eigenvalue weighted by molar-refractivity contribution is 5.80. The number of aliphatic hydroxyl groups is 2. The molecule has 0 radical (unpaired) electrons. The lowest BCUT2D eigenvalue weighted by molar-refractivity contribution is -0.120. The van der Waals surface area contributed by atoms with Crippen LogP contribution in [0.1, 0.15) is 30.4 Å². The average Bonchev–Trinajstić information content (AvgIpc) is 2.68. The fourth-order valence-corrected chi connectivity index (χ4v) is 3.29. The number of aliphatic hydroxyl groups excluding tert-OH is 2. The molecule has 0 spiro atoms. The van der Waals surface area contributed by atoms with Gasteiger partial charge in [0.05, 0.1) is 6.10 Å². The Morgan fingerprint density at radius 1 is 1.27 bits per heavy atom. The number of carbonyl (C=O) groups excluding carboxylic acids is 1. The molecular formula is C22H24F2N2O4. The van der Waals surface area contributed by atoms with Crippen molar-refractivity contribution in [1.29, 1.82) is 0 Å². The van der Waals surface area contributed by atoms with E-state index in [0.717, 1.165) is 0 Å². The summed E-state index contributed by atoms with van der Waals surface area (Å²) < 4.78 is 33.1. The third-order valence-electron chi connectivity index (χ3n) is 4.81. The zero-order valence-electron chi connectivity index (χ0n) is 16.7. The van der Waals surface area contributed by atoms with Crippen molar-refractivity contribution in [2.45, 2.75) is 38.5 Å². The molecule has 0 saturated heterocycles. The quantitative estimate of drug-likeness (QED) is 0.519. The number of amides is 1. The highest BCUT2D eigenvalue weighted by atomic mass is 19.1. The maximum absolute atomic E-state index is 14.1. The van der Waals surface area contributed by atoms with Crippen LogP contribution in [-0.2, 0) is 4.79 Å². The van der Waals surface area contributed by atoms with Crippen molar-refractivity contribution in [3.05, 3.63) is 70.9 Å². The first-order chi connectivity index (χ1) is 14.2. The van der Waals surface area contributed by atoms with Crippen LogP contribution in [0.3, 0.4) is 0 Å². The van der Waals surface area contributed by atoms with Gasteiger partial charge in [-0.05, 0) is 43.2 Å². The first-order valence-electron chi connectivity index (χ1n) is 9.55. The number of rotatable bonds is 7. The Kier molecular flexibility index (Phi) is 6.69. The number of ether oxygens (including phenoxy) is 1. The average molecular weight is 418 g/mol. The van der Waals surface area contributed by atoms with Gasteiger partial charge in [-0.15, -0.1) is 0 Å². The summed E-state index contributed by atoms with van der Waals surface area (Å²) in [5, 5.41) is 25.6. The lowest BCUT2D eigenvalue weighted by Crippen LogP contribution is -2.34. The van der Waals surface area contributed by atoms with Gasteiger partial charge in [-0.25, -0.2) is 8.78 Å². The van der Waals surface area contributed by atoms with Gasteiger partial charge < -0.3 is 25.6 Å². The van der Waals surface area contributed by atoms with Crippen LogP contribution in [0, 0.1) is 18.6 Å². The van der Waals surface area contributed by atoms with E-state index in [-0.39, 0.29) is 24.7 Å². The Balaban J connectivity index is 1.85. The Hall–Kier alpha value is -2.97. The van der Waals surface area contributed by atoms with Crippen molar-refractivity contribution in [2.24, 2.45) is 0 Å². The molecule has 1 heterocycles. The minimum Gasteiger partial charge on any atom is -0.488 e. The molecule has 3 unspecified atom stereocenters.